The van der Waals surface area contributed by atoms with Crippen LogP contribution in [0.1, 0.15) is 17.5 Å². The summed E-state index contributed by atoms with van der Waals surface area (Å²) in [4.78, 5) is 27.1. The highest BCUT2D eigenvalue weighted by Gasteiger charge is 2.37. The normalized spacial score (nSPS) is 16.7. The smallest absolute Gasteiger partial charge is 0.239 e. The lowest BCUT2D eigenvalue weighted by molar-refractivity contribution is -0.132. The minimum atomic E-state index is -0.610. The van der Waals surface area contributed by atoms with Gasteiger partial charge in [0.2, 0.25) is 11.8 Å². The maximum atomic E-state index is 12.8. The third-order valence-corrected chi connectivity index (χ3v) is 5.12. The van der Waals surface area contributed by atoms with Gasteiger partial charge in [-0.2, -0.15) is 0 Å². The first-order valence-corrected chi connectivity index (χ1v) is 9.25. The van der Waals surface area contributed by atoms with Crippen molar-refractivity contribution in [3.05, 3.63) is 77.9 Å². The van der Waals surface area contributed by atoms with E-state index >= 15 is 0 Å². The van der Waals surface area contributed by atoms with Gasteiger partial charge in [-0.3, -0.25) is 9.59 Å². The second-order valence-electron chi connectivity index (χ2n) is 7.07. The van der Waals surface area contributed by atoms with Crippen LogP contribution in [-0.4, -0.2) is 18.4 Å². The van der Waals surface area contributed by atoms with E-state index in [2.05, 4.69) is 5.32 Å². The largest absolute Gasteiger partial charge is 0.351 e. The standard InChI is InChI=1S/C23H22N2O2/c1-16-5-4-6-17(13-16)15-24-22(26)21-11-12-25(23(21)27)20-10-9-18-7-2-3-8-19(18)14-20/h2-10,13-14,21H,11-12,15H2,1H3,(H,24,26)/t21-/m1/s1. The fraction of sp³-hybridized carbons (Fsp3) is 0.217. The Balaban J connectivity index is 1.45. The van der Waals surface area contributed by atoms with Gasteiger partial charge in [-0.15, -0.1) is 0 Å². The van der Waals surface area contributed by atoms with E-state index in [0.29, 0.717) is 19.5 Å². The van der Waals surface area contributed by atoms with Crippen LogP contribution in [0.2, 0.25) is 0 Å². The van der Waals surface area contributed by atoms with Crippen molar-refractivity contribution in [3.8, 4) is 0 Å². The molecule has 2 amide bonds. The second kappa shape index (κ2) is 7.23. The molecule has 1 fully saturated rings. The molecule has 136 valence electrons. The van der Waals surface area contributed by atoms with Gasteiger partial charge in [0.25, 0.3) is 0 Å². The molecule has 1 heterocycles. The summed E-state index contributed by atoms with van der Waals surface area (Å²) in [6, 6.07) is 22.1. The number of anilines is 1. The lowest BCUT2D eigenvalue weighted by atomic mass is 10.1. The quantitative estimate of drug-likeness (QED) is 0.721. The highest BCUT2D eigenvalue weighted by atomic mass is 16.2. The average molecular weight is 358 g/mol. The second-order valence-corrected chi connectivity index (χ2v) is 7.07. The third kappa shape index (κ3) is 3.56. The van der Waals surface area contributed by atoms with Crippen LogP contribution >= 0.6 is 0 Å². The molecule has 0 radical (unpaired) electrons. The number of fused-ring (bicyclic) bond motifs is 1. The van der Waals surface area contributed by atoms with Crippen LogP contribution in [0.5, 0.6) is 0 Å². The van der Waals surface area contributed by atoms with Crippen LogP contribution in [0, 0.1) is 12.8 Å². The Labute approximate surface area is 158 Å². The average Bonchev–Trinajstić information content (AvgIpc) is 3.07. The van der Waals surface area contributed by atoms with Gasteiger partial charge >= 0.3 is 0 Å². The van der Waals surface area contributed by atoms with Crippen molar-refractivity contribution >= 4 is 28.3 Å². The van der Waals surface area contributed by atoms with Gasteiger partial charge in [-0.05, 0) is 41.8 Å². The van der Waals surface area contributed by atoms with Gasteiger partial charge in [0.15, 0.2) is 0 Å². The number of benzene rings is 3. The highest BCUT2D eigenvalue weighted by molar-refractivity contribution is 6.10. The molecule has 0 unspecified atom stereocenters. The molecule has 1 aliphatic rings. The van der Waals surface area contributed by atoms with E-state index in [1.807, 2.05) is 73.7 Å². The summed E-state index contributed by atoms with van der Waals surface area (Å²) in [7, 11) is 0. The van der Waals surface area contributed by atoms with Crippen LogP contribution in [-0.2, 0) is 16.1 Å². The van der Waals surface area contributed by atoms with Crippen molar-refractivity contribution in [2.24, 2.45) is 5.92 Å². The van der Waals surface area contributed by atoms with E-state index in [1.54, 1.807) is 4.90 Å². The maximum Gasteiger partial charge on any atom is 0.239 e. The molecule has 1 aliphatic heterocycles. The molecule has 1 atom stereocenters. The molecule has 3 aromatic carbocycles. The van der Waals surface area contributed by atoms with E-state index in [9.17, 15) is 9.59 Å². The van der Waals surface area contributed by atoms with Crippen molar-refractivity contribution in [2.45, 2.75) is 19.9 Å². The highest BCUT2D eigenvalue weighted by Crippen LogP contribution is 2.28. The van der Waals surface area contributed by atoms with Crippen molar-refractivity contribution in [3.63, 3.8) is 0 Å². The molecule has 4 nitrogen and oxygen atoms in total. The number of nitrogens with zero attached hydrogens (tertiary/aromatic N) is 1. The first-order chi connectivity index (χ1) is 13.1. The predicted molar refractivity (Wildman–Crippen MR) is 107 cm³/mol. The number of aryl methyl sites for hydroxylation is 1. The lowest BCUT2D eigenvalue weighted by Crippen LogP contribution is -2.36. The number of rotatable bonds is 4. The molecule has 4 rings (SSSR count). The molecule has 1 N–H and O–H groups in total. The van der Waals surface area contributed by atoms with Crippen molar-refractivity contribution in [1.82, 2.24) is 5.32 Å². The van der Waals surface area contributed by atoms with Crippen LogP contribution in [0.25, 0.3) is 10.8 Å². The third-order valence-electron chi connectivity index (χ3n) is 5.12. The van der Waals surface area contributed by atoms with Crippen LogP contribution < -0.4 is 10.2 Å². The Hall–Kier alpha value is -3.14. The summed E-state index contributed by atoms with van der Waals surface area (Å²) in [5.41, 5.74) is 3.05. The van der Waals surface area contributed by atoms with Gasteiger partial charge in [-0.25, -0.2) is 0 Å². The molecule has 0 spiro atoms. The summed E-state index contributed by atoms with van der Waals surface area (Å²) >= 11 is 0. The SMILES string of the molecule is Cc1cccc(CNC(=O)[C@H]2CCN(c3ccc4ccccc4c3)C2=O)c1. The van der Waals surface area contributed by atoms with Crippen molar-refractivity contribution < 1.29 is 9.59 Å². The van der Waals surface area contributed by atoms with E-state index in [-0.39, 0.29) is 11.8 Å². The van der Waals surface area contributed by atoms with Gasteiger partial charge in [0.05, 0.1) is 0 Å². The molecule has 0 aliphatic carbocycles. The predicted octanol–water partition coefficient (Wildman–Crippen LogP) is 3.82. The Morgan fingerprint density at radius 3 is 2.67 bits per heavy atom. The number of hydrogen-bond acceptors (Lipinski definition) is 2. The molecule has 27 heavy (non-hydrogen) atoms. The summed E-state index contributed by atoms with van der Waals surface area (Å²) in [6.07, 6.45) is 0.547. The van der Waals surface area contributed by atoms with E-state index in [4.69, 9.17) is 0 Å². The first kappa shape index (κ1) is 17.3. The minimum absolute atomic E-state index is 0.118. The van der Waals surface area contributed by atoms with E-state index in [1.165, 1.54) is 0 Å². The van der Waals surface area contributed by atoms with Gasteiger partial charge in [0.1, 0.15) is 5.92 Å². The number of carbonyl (C=O) groups excluding carboxylic acids is 2. The van der Waals surface area contributed by atoms with Gasteiger partial charge in [0, 0.05) is 18.8 Å². The summed E-state index contributed by atoms with van der Waals surface area (Å²) in [6.45, 7) is 3.03. The number of hydrogen-bond donors (Lipinski definition) is 1. The number of amides is 2. The van der Waals surface area contributed by atoms with Crippen LogP contribution in [0.4, 0.5) is 5.69 Å². The molecule has 1 saturated heterocycles. The van der Waals surface area contributed by atoms with Crippen molar-refractivity contribution in [2.75, 3.05) is 11.4 Å². The minimum Gasteiger partial charge on any atom is -0.351 e. The van der Waals surface area contributed by atoms with Crippen LogP contribution in [0.15, 0.2) is 66.7 Å². The molecular weight excluding hydrogens is 336 g/mol. The maximum absolute atomic E-state index is 12.8. The van der Waals surface area contributed by atoms with Gasteiger partial charge < -0.3 is 10.2 Å². The summed E-state index contributed by atoms with van der Waals surface area (Å²) in [5, 5.41) is 5.15. The zero-order valence-electron chi connectivity index (χ0n) is 15.3. The molecular formula is C23H22N2O2. The molecule has 0 aromatic heterocycles. The Morgan fingerprint density at radius 1 is 1.04 bits per heavy atom. The Morgan fingerprint density at radius 2 is 1.85 bits per heavy atom. The molecule has 0 bridgehead atoms. The lowest BCUT2D eigenvalue weighted by Gasteiger charge is -2.17. The summed E-state index contributed by atoms with van der Waals surface area (Å²) in [5.74, 6) is -0.918. The van der Waals surface area contributed by atoms with E-state index in [0.717, 1.165) is 27.6 Å². The summed E-state index contributed by atoms with van der Waals surface area (Å²) < 4.78 is 0. The van der Waals surface area contributed by atoms with E-state index < -0.39 is 5.92 Å². The molecule has 4 heteroatoms. The Kier molecular flexibility index (Phi) is 4.63. The fourth-order valence-corrected chi connectivity index (χ4v) is 3.66. The zero-order chi connectivity index (χ0) is 18.8. The first-order valence-electron chi connectivity index (χ1n) is 9.25. The topological polar surface area (TPSA) is 49.4 Å². The number of carbonyl (C=O) groups is 2. The Bertz CT molecular complexity index is 1010. The zero-order valence-corrected chi connectivity index (χ0v) is 15.3. The van der Waals surface area contributed by atoms with Crippen molar-refractivity contribution in [1.29, 1.82) is 0 Å². The van der Waals surface area contributed by atoms with Crippen LogP contribution in [0.3, 0.4) is 0 Å². The van der Waals surface area contributed by atoms with Gasteiger partial charge in [-0.1, -0.05) is 60.2 Å². The fourth-order valence-electron chi connectivity index (χ4n) is 3.66. The monoisotopic (exact) mass is 358 g/mol. The number of nitrogens with one attached hydrogen (secondary N) is 1. The molecule has 3 aromatic rings. The molecule has 0 saturated carbocycles.